The molecule has 2 N–H and O–H groups in total. The predicted molar refractivity (Wildman–Crippen MR) is 86.1 cm³/mol. The average Bonchev–Trinajstić information content (AvgIpc) is 2.45. The first kappa shape index (κ1) is 16.0. The van der Waals surface area contributed by atoms with Crippen LogP contribution in [0.15, 0.2) is 42.5 Å². The lowest BCUT2D eigenvalue weighted by molar-refractivity contribution is 0.237. The molecule has 0 heterocycles. The van der Waals surface area contributed by atoms with Gasteiger partial charge in [-0.2, -0.15) is 0 Å². The zero-order valence-electron chi connectivity index (χ0n) is 13.1. The molecular weight excluding hydrogens is 279 g/mol. The van der Waals surface area contributed by atoms with E-state index >= 15 is 0 Å². The van der Waals surface area contributed by atoms with Crippen LogP contribution >= 0.6 is 0 Å². The third kappa shape index (κ3) is 4.58. The summed E-state index contributed by atoms with van der Waals surface area (Å²) in [6.45, 7) is 6.40. The van der Waals surface area contributed by atoms with Gasteiger partial charge in [0.15, 0.2) is 0 Å². The average molecular weight is 300 g/mol. The minimum atomic E-state index is -0.281. The molecule has 2 rings (SSSR count). The molecule has 0 aliphatic heterocycles. The summed E-state index contributed by atoms with van der Waals surface area (Å²) in [5, 5.41) is 5.68. The fraction of sp³-hybridized carbons (Fsp3) is 0.278. The smallest absolute Gasteiger partial charge is 0.315 e. The van der Waals surface area contributed by atoms with E-state index in [0.29, 0.717) is 6.54 Å². The van der Waals surface area contributed by atoms with Crippen LogP contribution in [0.1, 0.15) is 35.2 Å². The zero-order valence-corrected chi connectivity index (χ0v) is 13.1. The van der Waals surface area contributed by atoms with Gasteiger partial charge < -0.3 is 10.6 Å². The van der Waals surface area contributed by atoms with E-state index in [0.717, 1.165) is 11.1 Å². The van der Waals surface area contributed by atoms with Gasteiger partial charge in [0.25, 0.3) is 0 Å². The van der Waals surface area contributed by atoms with E-state index in [1.807, 2.05) is 20.8 Å². The Bertz CT molecular complexity index is 632. The third-order valence-electron chi connectivity index (χ3n) is 3.46. The van der Waals surface area contributed by atoms with E-state index in [9.17, 15) is 9.18 Å². The standard InChI is InChI=1S/C18H21FN2O/c1-12-8-13(2)10-16(9-12)14(3)21-18(22)20-11-15-4-6-17(19)7-5-15/h4-10,14H,11H2,1-3H3,(H2,20,21,22). The number of benzene rings is 2. The summed E-state index contributed by atoms with van der Waals surface area (Å²) < 4.78 is 12.8. The van der Waals surface area contributed by atoms with Crippen LogP contribution in [0, 0.1) is 19.7 Å². The van der Waals surface area contributed by atoms with Crippen molar-refractivity contribution < 1.29 is 9.18 Å². The Morgan fingerprint density at radius 3 is 2.27 bits per heavy atom. The minimum Gasteiger partial charge on any atom is -0.334 e. The lowest BCUT2D eigenvalue weighted by Crippen LogP contribution is -2.36. The monoisotopic (exact) mass is 300 g/mol. The summed E-state index contributed by atoms with van der Waals surface area (Å²) >= 11 is 0. The molecule has 22 heavy (non-hydrogen) atoms. The highest BCUT2D eigenvalue weighted by atomic mass is 19.1. The van der Waals surface area contributed by atoms with Crippen molar-refractivity contribution in [2.24, 2.45) is 0 Å². The number of hydrogen-bond donors (Lipinski definition) is 2. The van der Waals surface area contributed by atoms with Crippen LogP contribution in [0.2, 0.25) is 0 Å². The fourth-order valence-corrected chi connectivity index (χ4v) is 2.38. The van der Waals surface area contributed by atoms with Crippen LogP contribution in [0.4, 0.5) is 9.18 Å². The molecule has 0 bridgehead atoms. The number of nitrogens with one attached hydrogen (secondary N) is 2. The van der Waals surface area contributed by atoms with Crippen LogP contribution in [-0.4, -0.2) is 6.03 Å². The number of urea groups is 1. The number of rotatable bonds is 4. The molecule has 0 saturated carbocycles. The summed E-state index contributed by atoms with van der Waals surface area (Å²) in [5.74, 6) is -0.281. The number of amides is 2. The quantitative estimate of drug-likeness (QED) is 0.880. The largest absolute Gasteiger partial charge is 0.334 e. The maximum absolute atomic E-state index is 12.8. The van der Waals surface area contributed by atoms with E-state index in [4.69, 9.17) is 0 Å². The lowest BCUT2D eigenvalue weighted by atomic mass is 10.0. The Hall–Kier alpha value is -2.36. The van der Waals surface area contributed by atoms with Gasteiger partial charge in [0, 0.05) is 6.54 Å². The molecule has 0 radical (unpaired) electrons. The molecule has 1 unspecified atom stereocenters. The predicted octanol–water partition coefficient (Wildman–Crippen LogP) is 4.00. The van der Waals surface area contributed by atoms with E-state index in [-0.39, 0.29) is 17.9 Å². The van der Waals surface area contributed by atoms with E-state index in [2.05, 4.69) is 28.8 Å². The van der Waals surface area contributed by atoms with Crippen LogP contribution < -0.4 is 10.6 Å². The van der Waals surface area contributed by atoms with Gasteiger partial charge in [-0.3, -0.25) is 0 Å². The van der Waals surface area contributed by atoms with E-state index in [1.165, 1.54) is 23.3 Å². The molecule has 2 aromatic carbocycles. The lowest BCUT2D eigenvalue weighted by Gasteiger charge is -2.16. The molecule has 0 fully saturated rings. The SMILES string of the molecule is Cc1cc(C)cc(C(C)NC(=O)NCc2ccc(F)cc2)c1. The van der Waals surface area contributed by atoms with Crippen molar-refractivity contribution in [1.29, 1.82) is 0 Å². The van der Waals surface area contributed by atoms with Crippen LogP contribution in [0.5, 0.6) is 0 Å². The van der Waals surface area contributed by atoms with Gasteiger partial charge in [-0.05, 0) is 44.0 Å². The Balaban J connectivity index is 1.89. The second-order valence-electron chi connectivity index (χ2n) is 5.60. The van der Waals surface area contributed by atoms with Gasteiger partial charge in [-0.25, -0.2) is 9.18 Å². The van der Waals surface area contributed by atoms with Crippen molar-refractivity contribution in [1.82, 2.24) is 10.6 Å². The Labute approximate surface area is 130 Å². The number of hydrogen-bond acceptors (Lipinski definition) is 1. The summed E-state index contributed by atoms with van der Waals surface area (Å²) in [4.78, 5) is 11.9. The van der Waals surface area contributed by atoms with Gasteiger partial charge >= 0.3 is 6.03 Å². The summed E-state index contributed by atoms with van der Waals surface area (Å²) in [5.41, 5.74) is 4.29. The molecule has 2 amide bonds. The van der Waals surface area contributed by atoms with Gasteiger partial charge in [0.1, 0.15) is 5.82 Å². The maximum atomic E-state index is 12.8. The van der Waals surface area contributed by atoms with Gasteiger partial charge in [-0.15, -0.1) is 0 Å². The summed E-state index contributed by atoms with van der Waals surface area (Å²) in [7, 11) is 0. The van der Waals surface area contributed by atoms with Crippen molar-refractivity contribution >= 4 is 6.03 Å². The highest BCUT2D eigenvalue weighted by molar-refractivity contribution is 5.74. The Kier molecular flexibility index (Phi) is 5.15. The highest BCUT2D eigenvalue weighted by Crippen LogP contribution is 2.16. The number of carbonyl (C=O) groups is 1. The first-order chi connectivity index (χ1) is 10.4. The molecule has 0 saturated heterocycles. The highest BCUT2D eigenvalue weighted by Gasteiger charge is 2.10. The molecule has 3 nitrogen and oxygen atoms in total. The molecule has 2 aromatic rings. The summed E-state index contributed by atoms with van der Waals surface area (Å²) in [6, 6.07) is 12.0. The minimum absolute atomic E-state index is 0.0770. The van der Waals surface area contributed by atoms with Crippen molar-refractivity contribution in [2.45, 2.75) is 33.4 Å². The molecule has 0 aromatic heterocycles. The third-order valence-corrected chi connectivity index (χ3v) is 3.46. The molecule has 0 aliphatic carbocycles. The van der Waals surface area contributed by atoms with Crippen molar-refractivity contribution in [3.05, 3.63) is 70.5 Å². The van der Waals surface area contributed by atoms with Gasteiger partial charge in [-0.1, -0.05) is 41.5 Å². The molecule has 0 spiro atoms. The maximum Gasteiger partial charge on any atom is 0.315 e. The van der Waals surface area contributed by atoms with Crippen LogP contribution in [-0.2, 0) is 6.54 Å². The normalized spacial score (nSPS) is 11.8. The van der Waals surface area contributed by atoms with Crippen LogP contribution in [0.25, 0.3) is 0 Å². The van der Waals surface area contributed by atoms with Gasteiger partial charge in [0.05, 0.1) is 6.04 Å². The number of halogens is 1. The number of aryl methyl sites for hydroxylation is 2. The molecule has 116 valence electrons. The van der Waals surface area contributed by atoms with Crippen LogP contribution in [0.3, 0.4) is 0 Å². The van der Waals surface area contributed by atoms with Crippen molar-refractivity contribution in [3.63, 3.8) is 0 Å². The zero-order chi connectivity index (χ0) is 16.1. The molecule has 0 aliphatic rings. The summed E-state index contributed by atoms with van der Waals surface area (Å²) in [6.07, 6.45) is 0. The topological polar surface area (TPSA) is 41.1 Å². The molecular formula is C18H21FN2O. The van der Waals surface area contributed by atoms with E-state index < -0.39 is 0 Å². The molecule has 1 atom stereocenters. The fourth-order valence-electron chi connectivity index (χ4n) is 2.38. The first-order valence-electron chi connectivity index (χ1n) is 7.31. The second-order valence-corrected chi connectivity index (χ2v) is 5.60. The Morgan fingerprint density at radius 1 is 1.09 bits per heavy atom. The van der Waals surface area contributed by atoms with Gasteiger partial charge in [0.2, 0.25) is 0 Å². The van der Waals surface area contributed by atoms with Crippen molar-refractivity contribution in [2.75, 3.05) is 0 Å². The first-order valence-corrected chi connectivity index (χ1v) is 7.31. The van der Waals surface area contributed by atoms with E-state index in [1.54, 1.807) is 12.1 Å². The van der Waals surface area contributed by atoms with Crippen molar-refractivity contribution in [3.8, 4) is 0 Å². The molecule has 4 heteroatoms. The second kappa shape index (κ2) is 7.07. The Morgan fingerprint density at radius 2 is 1.68 bits per heavy atom. The number of carbonyl (C=O) groups excluding carboxylic acids is 1.